The van der Waals surface area contributed by atoms with Gasteiger partial charge in [0.15, 0.2) is 0 Å². The van der Waals surface area contributed by atoms with Gasteiger partial charge in [0.25, 0.3) is 0 Å². The number of hydrogen-bond acceptors (Lipinski definition) is 6. The maximum atomic E-state index is 12.5. The summed E-state index contributed by atoms with van der Waals surface area (Å²) in [6, 6.07) is 0.656. The van der Waals surface area contributed by atoms with Crippen molar-refractivity contribution in [2.45, 2.75) is 96.9 Å². The zero-order chi connectivity index (χ0) is 30.9. The first-order valence-corrected chi connectivity index (χ1v) is 17.6. The Bertz CT molecular complexity index is 1070. The molecule has 260 valence electrons. The van der Waals surface area contributed by atoms with Gasteiger partial charge in [0, 0.05) is 57.5 Å². The summed E-state index contributed by atoms with van der Waals surface area (Å²) < 4.78 is 14.6. The van der Waals surface area contributed by atoms with Crippen LogP contribution in [0.3, 0.4) is 0 Å². The predicted molar refractivity (Wildman–Crippen MR) is 168 cm³/mol. The number of rotatable bonds is 4. The summed E-state index contributed by atoms with van der Waals surface area (Å²) in [5, 5.41) is 0. The summed E-state index contributed by atoms with van der Waals surface area (Å²) in [6.45, 7) is 17.3. The van der Waals surface area contributed by atoms with Crippen LogP contribution in [0.25, 0.3) is 0 Å². The third-order valence-electron chi connectivity index (χ3n) is 14.1. The molecule has 10 atom stereocenters. The average Bonchev–Trinajstić information content (AvgIpc) is 3.20. The second kappa shape index (κ2) is 13.6. The van der Waals surface area contributed by atoms with E-state index < -0.39 is 0 Å². The van der Waals surface area contributed by atoms with Crippen molar-refractivity contribution in [3.63, 3.8) is 0 Å². The Kier molecular flexibility index (Phi) is 11.3. The van der Waals surface area contributed by atoms with Crippen molar-refractivity contribution in [1.82, 2.24) is 9.80 Å². The van der Waals surface area contributed by atoms with Crippen molar-refractivity contribution in [1.29, 1.82) is 0 Å². The monoisotopic (exact) mass is 760 g/mol. The molecule has 0 amide bonds. The van der Waals surface area contributed by atoms with Crippen LogP contribution < -0.4 is 34.0 Å². The molecule has 0 aromatic rings. The quantitative estimate of drug-likeness (QED) is 0.237. The number of ether oxygens (including phenoxy) is 2. The normalized spacial score (nSPS) is 44.2. The average molecular weight is 763 g/mol. The highest BCUT2D eigenvalue weighted by Gasteiger charge is 2.65. The molecule has 6 aliphatic rings. The van der Waals surface area contributed by atoms with E-state index in [2.05, 4.69) is 51.8 Å². The topological polar surface area (TPSA) is 59.1 Å². The Morgan fingerprint density at radius 2 is 1.22 bits per heavy atom. The van der Waals surface area contributed by atoms with Crippen LogP contribution in [0.2, 0.25) is 0 Å². The molecule has 4 saturated carbocycles. The molecule has 6 rings (SSSR count). The fraction of sp³-hybridized carbons (Fsp3) is 0.943. The highest BCUT2D eigenvalue weighted by Crippen LogP contribution is 2.67. The molecular formula is C35H62Br2N4O4. The van der Waals surface area contributed by atoms with E-state index in [0.717, 1.165) is 80.6 Å². The van der Waals surface area contributed by atoms with Crippen molar-refractivity contribution in [3.8, 4) is 0 Å². The van der Waals surface area contributed by atoms with Crippen molar-refractivity contribution in [2.75, 3.05) is 80.5 Å². The number of esters is 2. The van der Waals surface area contributed by atoms with Gasteiger partial charge in [-0.2, -0.15) is 0 Å². The molecule has 0 bridgehead atoms. The molecular weight excluding hydrogens is 700 g/mol. The molecule has 45 heavy (non-hydrogen) atoms. The van der Waals surface area contributed by atoms with Gasteiger partial charge in [-0.05, 0) is 74.0 Å². The number of quaternary nitrogens is 2. The maximum absolute atomic E-state index is 12.5. The Morgan fingerprint density at radius 1 is 0.689 bits per heavy atom. The molecule has 0 N–H and O–H groups in total. The van der Waals surface area contributed by atoms with Gasteiger partial charge in [-0.15, -0.1) is 0 Å². The van der Waals surface area contributed by atoms with Crippen LogP contribution in [0.15, 0.2) is 0 Å². The summed E-state index contributed by atoms with van der Waals surface area (Å²) in [5.74, 6) is 2.35. The summed E-state index contributed by atoms with van der Waals surface area (Å²) >= 11 is 0. The van der Waals surface area contributed by atoms with E-state index in [0.29, 0.717) is 35.8 Å². The first-order chi connectivity index (χ1) is 20.1. The molecule has 0 spiro atoms. The standard InChI is InChI=1S/C35H62N4O4.2BrH/c1-24(40)42-32-21-26-9-10-27-28(35(26,4)23-31(32)37-15-19-39(7,8)20-16-37)11-12-34(3)29(27)22-30(33(34)43-25(2)41)36-13-17-38(5,6)18-14-36;;/h26-33H,9-23H2,1-8H3;2*1H/q+2;;/p-2/t26?,27-,28?,29?,30+,31+,32?,33+,34+,35+;;/m1../s1. The van der Waals surface area contributed by atoms with Gasteiger partial charge < -0.3 is 52.4 Å². The predicted octanol–water partition coefficient (Wildman–Crippen LogP) is -2.36. The minimum atomic E-state index is -0.123. The molecule has 0 radical (unpaired) electrons. The van der Waals surface area contributed by atoms with Crippen LogP contribution >= 0.6 is 0 Å². The van der Waals surface area contributed by atoms with Crippen molar-refractivity contribution < 1.29 is 62.0 Å². The SMILES string of the molecule is CC(=O)OC1CC2CC[C@@H]3C(CC[C@@]4(C)C3C[C@H](N3CC[N+](C)(C)CC3)[C@@H]4OC(C)=O)[C@@]2(C)C[C@@H]1N1CC[N+](C)(C)CC1.[Br-].[Br-]. The summed E-state index contributed by atoms with van der Waals surface area (Å²) in [6.07, 6.45) is 8.22. The lowest BCUT2D eigenvalue weighted by atomic mass is 9.44. The van der Waals surface area contributed by atoms with Crippen molar-refractivity contribution >= 4 is 11.9 Å². The Morgan fingerprint density at radius 3 is 1.76 bits per heavy atom. The highest BCUT2D eigenvalue weighted by atomic mass is 79.9. The van der Waals surface area contributed by atoms with Gasteiger partial charge in [0.2, 0.25) is 0 Å². The second-order valence-electron chi connectivity index (χ2n) is 17.5. The third kappa shape index (κ3) is 7.08. The van der Waals surface area contributed by atoms with E-state index >= 15 is 0 Å². The van der Waals surface area contributed by atoms with E-state index in [4.69, 9.17) is 9.47 Å². The smallest absolute Gasteiger partial charge is 0.302 e. The number of carbonyl (C=O) groups is 2. The summed E-state index contributed by atoms with van der Waals surface area (Å²) in [7, 11) is 9.36. The number of piperazine rings is 2. The van der Waals surface area contributed by atoms with E-state index in [1.54, 1.807) is 13.8 Å². The Hall–Kier alpha value is -0.260. The molecule has 4 unspecified atom stereocenters. The highest BCUT2D eigenvalue weighted by molar-refractivity contribution is 5.66. The molecule has 6 fully saturated rings. The maximum Gasteiger partial charge on any atom is 0.302 e. The molecule has 10 heteroatoms. The Labute approximate surface area is 294 Å². The second-order valence-corrected chi connectivity index (χ2v) is 17.5. The number of fused-ring (bicyclic) bond motifs is 5. The molecule has 0 aromatic heterocycles. The largest absolute Gasteiger partial charge is 1.00 e. The number of halogens is 2. The molecule has 2 saturated heterocycles. The number of likely N-dealkylation sites (N-methyl/N-ethyl adjacent to an activating group) is 2. The first-order valence-electron chi connectivity index (χ1n) is 17.6. The molecule has 8 nitrogen and oxygen atoms in total. The van der Waals surface area contributed by atoms with Crippen LogP contribution in [-0.2, 0) is 19.1 Å². The third-order valence-corrected chi connectivity index (χ3v) is 14.1. The summed E-state index contributed by atoms with van der Waals surface area (Å²) in [5.41, 5.74) is 0.308. The fourth-order valence-electron chi connectivity index (χ4n) is 11.4. The first kappa shape index (κ1) is 37.6. The lowest BCUT2D eigenvalue weighted by molar-refractivity contribution is -0.894. The zero-order valence-corrected chi connectivity index (χ0v) is 32.6. The summed E-state index contributed by atoms with van der Waals surface area (Å²) in [4.78, 5) is 30.2. The number of hydrogen-bond donors (Lipinski definition) is 0. The lowest BCUT2D eigenvalue weighted by Gasteiger charge is -2.62. The van der Waals surface area contributed by atoms with E-state index in [1.165, 1.54) is 25.7 Å². The van der Waals surface area contributed by atoms with E-state index in [-0.39, 0.29) is 68.9 Å². The molecule has 2 heterocycles. The fourth-order valence-corrected chi connectivity index (χ4v) is 11.4. The van der Waals surface area contributed by atoms with Crippen LogP contribution in [-0.4, -0.2) is 136 Å². The minimum absolute atomic E-state index is 0. The van der Waals surface area contributed by atoms with Gasteiger partial charge in [-0.1, -0.05) is 13.8 Å². The van der Waals surface area contributed by atoms with Gasteiger partial charge in [-0.3, -0.25) is 19.4 Å². The van der Waals surface area contributed by atoms with E-state index in [9.17, 15) is 9.59 Å². The zero-order valence-electron chi connectivity index (χ0n) is 29.4. The van der Waals surface area contributed by atoms with Crippen LogP contribution in [0.5, 0.6) is 0 Å². The van der Waals surface area contributed by atoms with Crippen molar-refractivity contribution in [2.24, 2.45) is 34.5 Å². The van der Waals surface area contributed by atoms with Gasteiger partial charge in [0.1, 0.15) is 12.2 Å². The molecule has 4 aliphatic carbocycles. The van der Waals surface area contributed by atoms with Crippen molar-refractivity contribution in [3.05, 3.63) is 0 Å². The molecule has 2 aliphatic heterocycles. The van der Waals surface area contributed by atoms with Gasteiger partial charge in [-0.25, -0.2) is 0 Å². The van der Waals surface area contributed by atoms with Crippen LogP contribution in [0.1, 0.15) is 72.6 Å². The number of carbonyl (C=O) groups excluding carboxylic acids is 2. The van der Waals surface area contributed by atoms with Gasteiger partial charge in [0.05, 0.1) is 54.4 Å². The van der Waals surface area contributed by atoms with Crippen LogP contribution in [0, 0.1) is 34.5 Å². The van der Waals surface area contributed by atoms with Crippen LogP contribution in [0.4, 0.5) is 0 Å². The van der Waals surface area contributed by atoms with Gasteiger partial charge >= 0.3 is 11.9 Å². The minimum Gasteiger partial charge on any atom is -1.00 e. The lowest BCUT2D eigenvalue weighted by Crippen LogP contribution is -3.00. The number of nitrogens with zero attached hydrogens (tertiary/aromatic N) is 4. The Balaban J connectivity index is 0.00000230. The molecule has 0 aromatic carbocycles. The van der Waals surface area contributed by atoms with E-state index in [1.807, 2.05) is 0 Å².